The second kappa shape index (κ2) is 17.1. The fraction of sp³-hybridized carbons (Fsp3) is 0.577. The van der Waals surface area contributed by atoms with Crippen LogP contribution >= 0.6 is 0 Å². The van der Waals surface area contributed by atoms with Crippen molar-refractivity contribution in [2.45, 2.75) is 83.0 Å². The average Bonchev–Trinajstić information content (AvgIpc) is 2.85. The molecule has 0 saturated carbocycles. The zero-order chi connectivity index (χ0) is 28.7. The number of carbonyl (C=O) groups is 5. The second-order valence-corrected chi connectivity index (χ2v) is 9.74. The van der Waals surface area contributed by atoms with E-state index in [1.165, 1.54) is 0 Å². The summed E-state index contributed by atoms with van der Waals surface area (Å²) in [5.74, 6) is -3.70. The van der Waals surface area contributed by atoms with Gasteiger partial charge >= 0.3 is 5.97 Å². The summed E-state index contributed by atoms with van der Waals surface area (Å²) in [6.07, 6.45) is 1.43. The van der Waals surface area contributed by atoms with Crippen LogP contribution in [0.5, 0.6) is 0 Å². The first kappa shape index (κ1) is 32.5. The number of amides is 4. The molecule has 12 nitrogen and oxygen atoms in total. The van der Waals surface area contributed by atoms with E-state index in [9.17, 15) is 29.1 Å². The molecule has 0 aliphatic rings. The number of nitrogens with one attached hydrogen (secondary N) is 3. The zero-order valence-corrected chi connectivity index (χ0v) is 22.2. The van der Waals surface area contributed by atoms with E-state index in [-0.39, 0.29) is 31.6 Å². The summed E-state index contributed by atoms with van der Waals surface area (Å²) >= 11 is 0. The van der Waals surface area contributed by atoms with Crippen molar-refractivity contribution in [2.75, 3.05) is 6.54 Å². The Morgan fingerprint density at radius 3 is 1.92 bits per heavy atom. The molecule has 0 bridgehead atoms. The van der Waals surface area contributed by atoms with Crippen LogP contribution in [0.4, 0.5) is 0 Å². The molecular formula is C26H42N6O6. The van der Waals surface area contributed by atoms with Gasteiger partial charge in [-0.2, -0.15) is 0 Å². The van der Waals surface area contributed by atoms with Crippen molar-refractivity contribution in [1.29, 1.82) is 0 Å². The lowest BCUT2D eigenvalue weighted by atomic mass is 10.0. The SMILES string of the molecule is CC(C)CC(N)C(=O)NC(CCC(N)=O)C(=O)NC(CCCCN)C(=O)NC(Cc1ccccc1)C(=O)O. The highest BCUT2D eigenvalue weighted by molar-refractivity contribution is 5.94. The van der Waals surface area contributed by atoms with Crippen LogP contribution in [-0.4, -0.2) is 65.4 Å². The van der Waals surface area contributed by atoms with Crippen LogP contribution in [0.15, 0.2) is 30.3 Å². The monoisotopic (exact) mass is 534 g/mol. The van der Waals surface area contributed by atoms with Crippen molar-refractivity contribution < 1.29 is 29.1 Å². The van der Waals surface area contributed by atoms with Crippen LogP contribution in [0.25, 0.3) is 0 Å². The summed E-state index contributed by atoms with van der Waals surface area (Å²) < 4.78 is 0. The molecule has 1 aromatic rings. The van der Waals surface area contributed by atoms with Crippen LogP contribution in [0.3, 0.4) is 0 Å². The molecule has 0 heterocycles. The Balaban J connectivity index is 3.03. The van der Waals surface area contributed by atoms with E-state index in [2.05, 4.69) is 16.0 Å². The number of unbranched alkanes of at least 4 members (excludes halogenated alkanes) is 1. The van der Waals surface area contributed by atoms with E-state index < -0.39 is 53.8 Å². The number of carboxylic acids is 1. The first-order chi connectivity index (χ1) is 17.9. The fourth-order valence-electron chi connectivity index (χ4n) is 3.81. The normalized spacial score (nSPS) is 14.1. The minimum absolute atomic E-state index is 0.0520. The van der Waals surface area contributed by atoms with E-state index in [1.807, 2.05) is 13.8 Å². The van der Waals surface area contributed by atoms with Crippen molar-refractivity contribution in [3.8, 4) is 0 Å². The Hall–Kier alpha value is -3.51. The summed E-state index contributed by atoms with van der Waals surface area (Å²) in [4.78, 5) is 62.0. The Bertz CT molecular complexity index is 926. The van der Waals surface area contributed by atoms with Gasteiger partial charge in [0.2, 0.25) is 23.6 Å². The Morgan fingerprint density at radius 1 is 0.842 bits per heavy atom. The number of benzene rings is 1. The lowest BCUT2D eigenvalue weighted by molar-refractivity contribution is -0.142. The predicted octanol–water partition coefficient (Wildman–Crippen LogP) is -0.464. The first-order valence-corrected chi connectivity index (χ1v) is 12.9. The molecule has 0 saturated heterocycles. The van der Waals surface area contributed by atoms with Gasteiger partial charge in [0.1, 0.15) is 18.1 Å². The Morgan fingerprint density at radius 2 is 1.39 bits per heavy atom. The summed E-state index contributed by atoms with van der Waals surface area (Å²) in [5, 5.41) is 17.3. The molecular weight excluding hydrogens is 492 g/mol. The molecule has 0 aliphatic heterocycles. The van der Waals surface area contributed by atoms with Crippen LogP contribution in [-0.2, 0) is 30.4 Å². The number of aliphatic carboxylic acids is 1. The third kappa shape index (κ3) is 12.6. The van der Waals surface area contributed by atoms with Crippen molar-refractivity contribution in [3.63, 3.8) is 0 Å². The molecule has 1 rings (SSSR count). The topological polar surface area (TPSA) is 220 Å². The van der Waals surface area contributed by atoms with Gasteiger partial charge in [0.25, 0.3) is 0 Å². The van der Waals surface area contributed by atoms with Gasteiger partial charge in [0, 0.05) is 12.8 Å². The van der Waals surface area contributed by atoms with Crippen LogP contribution in [0.1, 0.15) is 57.9 Å². The highest BCUT2D eigenvalue weighted by Gasteiger charge is 2.30. The molecule has 12 heteroatoms. The number of primary amides is 1. The van der Waals surface area contributed by atoms with Gasteiger partial charge in [0.05, 0.1) is 6.04 Å². The van der Waals surface area contributed by atoms with E-state index in [0.29, 0.717) is 25.8 Å². The zero-order valence-electron chi connectivity index (χ0n) is 22.2. The molecule has 4 amide bonds. The second-order valence-electron chi connectivity index (χ2n) is 9.74. The van der Waals surface area contributed by atoms with Crippen molar-refractivity contribution in [3.05, 3.63) is 35.9 Å². The molecule has 212 valence electrons. The van der Waals surface area contributed by atoms with E-state index >= 15 is 0 Å². The van der Waals surface area contributed by atoms with Crippen molar-refractivity contribution >= 4 is 29.6 Å². The van der Waals surface area contributed by atoms with Gasteiger partial charge in [-0.05, 0) is 50.1 Å². The van der Waals surface area contributed by atoms with E-state index in [4.69, 9.17) is 17.2 Å². The summed E-state index contributed by atoms with van der Waals surface area (Å²) in [5.41, 5.74) is 17.4. The Kier molecular flexibility index (Phi) is 14.6. The number of hydrogen-bond donors (Lipinski definition) is 7. The smallest absolute Gasteiger partial charge is 0.326 e. The molecule has 0 radical (unpaired) electrons. The summed E-state index contributed by atoms with van der Waals surface area (Å²) in [7, 11) is 0. The van der Waals surface area contributed by atoms with E-state index in [1.54, 1.807) is 30.3 Å². The molecule has 10 N–H and O–H groups in total. The predicted molar refractivity (Wildman–Crippen MR) is 142 cm³/mol. The molecule has 4 atom stereocenters. The van der Waals surface area contributed by atoms with Gasteiger partial charge in [-0.25, -0.2) is 4.79 Å². The standard InChI is InChI=1S/C26H42N6O6/c1-16(2)14-18(28)23(34)30-20(11-12-22(29)33)25(36)31-19(10-6-7-13-27)24(35)32-21(26(37)38)15-17-8-4-3-5-9-17/h3-5,8-9,16,18-21H,6-7,10-15,27-28H2,1-2H3,(H2,29,33)(H,30,34)(H,31,36)(H,32,35)(H,37,38). The maximum atomic E-state index is 13.2. The highest BCUT2D eigenvalue weighted by Crippen LogP contribution is 2.08. The first-order valence-electron chi connectivity index (χ1n) is 12.9. The molecule has 1 aromatic carbocycles. The minimum Gasteiger partial charge on any atom is -0.480 e. The molecule has 4 unspecified atom stereocenters. The molecule has 0 aliphatic carbocycles. The molecule has 38 heavy (non-hydrogen) atoms. The van der Waals surface area contributed by atoms with Crippen LogP contribution in [0, 0.1) is 5.92 Å². The highest BCUT2D eigenvalue weighted by atomic mass is 16.4. The molecule has 0 fully saturated rings. The lowest BCUT2D eigenvalue weighted by Crippen LogP contribution is -2.57. The number of rotatable bonds is 18. The van der Waals surface area contributed by atoms with Gasteiger partial charge in [0.15, 0.2) is 0 Å². The molecule has 0 spiro atoms. The largest absolute Gasteiger partial charge is 0.480 e. The number of carboxylic acid groups (broad SMARTS) is 1. The van der Waals surface area contributed by atoms with Crippen LogP contribution < -0.4 is 33.2 Å². The quantitative estimate of drug-likeness (QED) is 0.122. The Labute approximate surface area is 223 Å². The maximum absolute atomic E-state index is 13.2. The number of nitrogens with two attached hydrogens (primary N) is 3. The van der Waals surface area contributed by atoms with Crippen LogP contribution in [0.2, 0.25) is 0 Å². The van der Waals surface area contributed by atoms with E-state index in [0.717, 1.165) is 5.56 Å². The van der Waals surface area contributed by atoms with Gasteiger partial charge in [-0.3, -0.25) is 19.2 Å². The summed E-state index contributed by atoms with van der Waals surface area (Å²) in [6, 6.07) is 4.47. The molecule has 0 aromatic heterocycles. The average molecular weight is 535 g/mol. The number of carbonyl (C=O) groups excluding carboxylic acids is 4. The van der Waals surface area contributed by atoms with Gasteiger partial charge in [-0.15, -0.1) is 0 Å². The van der Waals surface area contributed by atoms with Gasteiger partial charge < -0.3 is 38.3 Å². The summed E-state index contributed by atoms with van der Waals surface area (Å²) in [6.45, 7) is 4.17. The minimum atomic E-state index is -1.22. The third-order valence-electron chi connectivity index (χ3n) is 5.85. The van der Waals surface area contributed by atoms with Crippen molar-refractivity contribution in [2.24, 2.45) is 23.1 Å². The lowest BCUT2D eigenvalue weighted by Gasteiger charge is -2.25. The third-order valence-corrected chi connectivity index (χ3v) is 5.85. The van der Waals surface area contributed by atoms with Gasteiger partial charge in [-0.1, -0.05) is 44.2 Å². The maximum Gasteiger partial charge on any atom is 0.326 e. The number of hydrogen-bond acceptors (Lipinski definition) is 7. The fourth-order valence-corrected chi connectivity index (χ4v) is 3.81. The van der Waals surface area contributed by atoms with Crippen molar-refractivity contribution in [1.82, 2.24) is 16.0 Å².